The summed E-state index contributed by atoms with van der Waals surface area (Å²) in [6, 6.07) is 10.3. The quantitative estimate of drug-likeness (QED) is 0.674. The zero-order chi connectivity index (χ0) is 17.3. The number of aromatic nitrogens is 2. The van der Waals surface area contributed by atoms with Crippen LogP contribution in [0.15, 0.2) is 45.3 Å². The van der Waals surface area contributed by atoms with Crippen LogP contribution in [-0.2, 0) is 6.54 Å². The van der Waals surface area contributed by atoms with Crippen molar-refractivity contribution in [2.24, 2.45) is 0 Å². The summed E-state index contributed by atoms with van der Waals surface area (Å²) in [7, 11) is 0. The molecular weight excluding hydrogens is 394 g/mol. The zero-order valence-corrected chi connectivity index (χ0v) is 15.5. The van der Waals surface area contributed by atoms with Crippen molar-refractivity contribution in [2.45, 2.75) is 20.4 Å². The molecule has 0 fully saturated rings. The number of halogens is 2. The van der Waals surface area contributed by atoms with E-state index in [1.165, 1.54) is 0 Å². The van der Waals surface area contributed by atoms with Crippen LogP contribution in [0.5, 0.6) is 0 Å². The smallest absolute Gasteiger partial charge is 0.291 e. The Balaban J connectivity index is 1.71. The van der Waals surface area contributed by atoms with E-state index in [0.29, 0.717) is 23.0 Å². The van der Waals surface area contributed by atoms with E-state index in [0.717, 1.165) is 15.9 Å². The fourth-order valence-corrected chi connectivity index (χ4v) is 2.70. The Morgan fingerprint density at radius 2 is 1.96 bits per heavy atom. The van der Waals surface area contributed by atoms with Gasteiger partial charge >= 0.3 is 0 Å². The first-order valence-electron chi connectivity index (χ1n) is 7.29. The van der Waals surface area contributed by atoms with Gasteiger partial charge in [-0.15, -0.1) is 0 Å². The van der Waals surface area contributed by atoms with Crippen LogP contribution in [0.4, 0.5) is 5.69 Å². The second-order valence-corrected chi connectivity index (χ2v) is 6.60. The normalized spacial score (nSPS) is 10.8. The van der Waals surface area contributed by atoms with Crippen molar-refractivity contribution >= 4 is 39.1 Å². The Hall–Kier alpha value is -2.05. The summed E-state index contributed by atoms with van der Waals surface area (Å²) in [5.74, 6) is 0.605. The molecule has 0 unspecified atom stereocenters. The van der Waals surface area contributed by atoms with Crippen LogP contribution in [-0.4, -0.2) is 15.7 Å². The molecule has 1 aromatic carbocycles. The van der Waals surface area contributed by atoms with Gasteiger partial charge in [0.25, 0.3) is 5.91 Å². The first-order valence-corrected chi connectivity index (χ1v) is 8.46. The summed E-state index contributed by atoms with van der Waals surface area (Å²) in [5, 5.41) is 7.81. The highest BCUT2D eigenvalue weighted by atomic mass is 79.9. The molecule has 2 heterocycles. The van der Waals surface area contributed by atoms with Crippen molar-refractivity contribution in [2.75, 3.05) is 5.32 Å². The van der Waals surface area contributed by atoms with Gasteiger partial charge in [0.2, 0.25) is 0 Å². The monoisotopic (exact) mass is 407 g/mol. The first-order chi connectivity index (χ1) is 11.4. The molecule has 7 heteroatoms. The zero-order valence-electron chi connectivity index (χ0n) is 13.1. The summed E-state index contributed by atoms with van der Waals surface area (Å²) in [5.41, 5.74) is 2.58. The Morgan fingerprint density at radius 3 is 2.58 bits per heavy atom. The molecule has 0 aliphatic heterocycles. The number of nitrogens with zero attached hydrogens (tertiary/aromatic N) is 2. The van der Waals surface area contributed by atoms with Gasteiger partial charge in [-0.05, 0) is 66.2 Å². The van der Waals surface area contributed by atoms with Gasteiger partial charge in [0.1, 0.15) is 5.76 Å². The van der Waals surface area contributed by atoms with Crippen LogP contribution in [0, 0.1) is 13.8 Å². The van der Waals surface area contributed by atoms with Crippen LogP contribution in [0.3, 0.4) is 0 Å². The summed E-state index contributed by atoms with van der Waals surface area (Å²) in [6.07, 6.45) is 0. The molecule has 5 nitrogen and oxygen atoms in total. The number of benzene rings is 1. The number of hydrogen-bond acceptors (Lipinski definition) is 3. The Bertz CT molecular complexity index is 884. The Kier molecular flexibility index (Phi) is 4.78. The second kappa shape index (κ2) is 6.83. The van der Waals surface area contributed by atoms with E-state index >= 15 is 0 Å². The minimum atomic E-state index is -0.307. The van der Waals surface area contributed by atoms with Crippen molar-refractivity contribution in [3.8, 4) is 0 Å². The van der Waals surface area contributed by atoms with Gasteiger partial charge in [-0.3, -0.25) is 9.48 Å². The first kappa shape index (κ1) is 16.8. The molecule has 3 aromatic rings. The number of amides is 1. The third kappa shape index (κ3) is 3.55. The van der Waals surface area contributed by atoms with E-state index in [-0.39, 0.29) is 11.7 Å². The lowest BCUT2D eigenvalue weighted by molar-refractivity contribution is 0.0994. The molecule has 0 spiro atoms. The molecule has 0 saturated carbocycles. The van der Waals surface area contributed by atoms with E-state index in [1.54, 1.807) is 36.4 Å². The van der Waals surface area contributed by atoms with Crippen molar-refractivity contribution in [3.63, 3.8) is 0 Å². The number of anilines is 1. The van der Waals surface area contributed by atoms with Gasteiger partial charge in [0.15, 0.2) is 5.76 Å². The summed E-state index contributed by atoms with van der Waals surface area (Å²) in [4.78, 5) is 12.2. The molecule has 0 radical (unpaired) electrons. The van der Waals surface area contributed by atoms with Gasteiger partial charge in [-0.25, -0.2) is 0 Å². The van der Waals surface area contributed by atoms with Crippen molar-refractivity contribution < 1.29 is 9.21 Å². The van der Waals surface area contributed by atoms with Crippen LogP contribution < -0.4 is 5.32 Å². The molecule has 1 N–H and O–H groups in total. The molecule has 1 amide bonds. The molecule has 3 rings (SSSR count). The average molecular weight is 409 g/mol. The topological polar surface area (TPSA) is 60.1 Å². The van der Waals surface area contributed by atoms with Crippen LogP contribution >= 0.6 is 27.5 Å². The molecule has 24 heavy (non-hydrogen) atoms. The number of furan rings is 1. The van der Waals surface area contributed by atoms with Gasteiger partial charge in [0.05, 0.1) is 22.4 Å². The summed E-state index contributed by atoms with van der Waals surface area (Å²) >= 11 is 9.32. The van der Waals surface area contributed by atoms with Gasteiger partial charge in [-0.1, -0.05) is 11.6 Å². The Labute approximate surface area is 152 Å². The second-order valence-electron chi connectivity index (χ2n) is 5.37. The molecule has 0 saturated heterocycles. The molecule has 0 aliphatic carbocycles. The molecular formula is C17H15BrClN3O2. The lowest BCUT2D eigenvalue weighted by atomic mass is 10.3. The molecule has 124 valence electrons. The standard InChI is InChI=1S/C17H15BrClN3O2/c1-10-16(18)11(2)22(21-10)9-14-7-8-15(24-14)17(23)20-13-5-3-12(19)4-6-13/h3-8H,9H2,1-2H3,(H,20,23). The number of hydrogen-bond donors (Lipinski definition) is 1. The molecule has 2 aromatic heterocycles. The van der Waals surface area contributed by atoms with Crippen molar-refractivity contribution in [1.82, 2.24) is 9.78 Å². The SMILES string of the molecule is Cc1nn(Cc2ccc(C(=O)Nc3ccc(Cl)cc3)o2)c(C)c1Br. The fraction of sp³-hybridized carbons (Fsp3) is 0.176. The van der Waals surface area contributed by atoms with Gasteiger partial charge in [0, 0.05) is 10.7 Å². The molecule has 0 bridgehead atoms. The molecule has 0 atom stereocenters. The number of nitrogens with one attached hydrogen (secondary N) is 1. The maximum absolute atomic E-state index is 12.2. The number of aryl methyl sites for hydroxylation is 1. The minimum Gasteiger partial charge on any atom is -0.454 e. The van der Waals surface area contributed by atoms with Gasteiger partial charge < -0.3 is 9.73 Å². The largest absolute Gasteiger partial charge is 0.454 e. The predicted molar refractivity (Wildman–Crippen MR) is 96.6 cm³/mol. The lowest BCUT2D eigenvalue weighted by Crippen LogP contribution is -2.10. The van der Waals surface area contributed by atoms with Crippen molar-refractivity contribution in [3.05, 3.63) is 68.8 Å². The highest BCUT2D eigenvalue weighted by Crippen LogP contribution is 2.21. The third-order valence-corrected chi connectivity index (χ3v) is 4.99. The maximum atomic E-state index is 12.2. The number of rotatable bonds is 4. The summed E-state index contributed by atoms with van der Waals surface area (Å²) in [6.45, 7) is 4.37. The van der Waals surface area contributed by atoms with E-state index in [9.17, 15) is 4.79 Å². The summed E-state index contributed by atoms with van der Waals surface area (Å²) < 4.78 is 8.45. The number of carbonyl (C=O) groups excluding carboxylic acids is 1. The van der Waals surface area contributed by atoms with Crippen LogP contribution in [0.25, 0.3) is 0 Å². The predicted octanol–water partition coefficient (Wildman–Crippen LogP) is 4.81. The highest BCUT2D eigenvalue weighted by Gasteiger charge is 2.14. The van der Waals surface area contributed by atoms with Crippen molar-refractivity contribution in [1.29, 1.82) is 0 Å². The maximum Gasteiger partial charge on any atom is 0.291 e. The fourth-order valence-electron chi connectivity index (χ4n) is 2.29. The van der Waals surface area contributed by atoms with E-state index in [1.807, 2.05) is 18.5 Å². The van der Waals surface area contributed by atoms with E-state index in [2.05, 4.69) is 26.3 Å². The average Bonchev–Trinajstić information content (AvgIpc) is 3.11. The van der Waals surface area contributed by atoms with Crippen LogP contribution in [0.1, 0.15) is 27.7 Å². The van der Waals surface area contributed by atoms with Gasteiger partial charge in [-0.2, -0.15) is 5.10 Å². The lowest BCUT2D eigenvalue weighted by Gasteiger charge is -2.04. The van der Waals surface area contributed by atoms with E-state index < -0.39 is 0 Å². The minimum absolute atomic E-state index is 0.251. The van der Waals surface area contributed by atoms with Crippen LogP contribution in [0.2, 0.25) is 5.02 Å². The third-order valence-electron chi connectivity index (χ3n) is 3.59. The highest BCUT2D eigenvalue weighted by molar-refractivity contribution is 9.10. The number of carbonyl (C=O) groups is 1. The van der Waals surface area contributed by atoms with E-state index in [4.69, 9.17) is 16.0 Å². The Morgan fingerprint density at radius 1 is 1.25 bits per heavy atom. The molecule has 0 aliphatic rings.